The van der Waals surface area contributed by atoms with E-state index >= 15 is 0 Å². The Bertz CT molecular complexity index is 452. The van der Waals surface area contributed by atoms with Crippen LogP contribution >= 0.6 is 15.9 Å². The number of benzene rings is 1. The predicted octanol–water partition coefficient (Wildman–Crippen LogP) is 1.74. The van der Waals surface area contributed by atoms with Gasteiger partial charge in [-0.1, -0.05) is 28.9 Å². The SMILES string of the molecule is CC1CNC(=O)C(CCN)N(c2cccc(Br)c2)C1. The standard InChI is InChI=1S/C14H20BrN3O/c1-10-8-17-14(19)13(5-6-16)18(9-10)12-4-2-3-11(15)7-12/h2-4,7,10,13H,5-6,8-9,16H2,1H3,(H,17,19). The van der Waals surface area contributed by atoms with Crippen LogP contribution in [0.1, 0.15) is 13.3 Å². The molecule has 1 heterocycles. The lowest BCUT2D eigenvalue weighted by Crippen LogP contribution is -2.45. The van der Waals surface area contributed by atoms with Gasteiger partial charge in [-0.25, -0.2) is 0 Å². The fourth-order valence-corrected chi connectivity index (χ4v) is 2.83. The summed E-state index contributed by atoms with van der Waals surface area (Å²) in [4.78, 5) is 14.4. The molecule has 2 rings (SSSR count). The molecule has 0 radical (unpaired) electrons. The van der Waals surface area contributed by atoms with E-state index in [0.29, 0.717) is 18.9 Å². The molecule has 0 aromatic heterocycles. The zero-order chi connectivity index (χ0) is 13.8. The number of carbonyl (C=O) groups excluding carboxylic acids is 1. The zero-order valence-corrected chi connectivity index (χ0v) is 12.7. The van der Waals surface area contributed by atoms with Crippen LogP contribution in [0.4, 0.5) is 5.69 Å². The summed E-state index contributed by atoms with van der Waals surface area (Å²) in [6.07, 6.45) is 0.672. The molecule has 2 unspecified atom stereocenters. The van der Waals surface area contributed by atoms with E-state index in [1.54, 1.807) is 0 Å². The number of hydrogen-bond donors (Lipinski definition) is 2. The normalized spacial score (nSPS) is 23.9. The van der Waals surface area contributed by atoms with Crippen molar-refractivity contribution in [3.05, 3.63) is 28.7 Å². The minimum Gasteiger partial charge on any atom is -0.359 e. The fraction of sp³-hybridized carbons (Fsp3) is 0.500. The van der Waals surface area contributed by atoms with E-state index in [1.165, 1.54) is 0 Å². The number of nitrogens with one attached hydrogen (secondary N) is 1. The number of nitrogens with two attached hydrogens (primary N) is 1. The summed E-state index contributed by atoms with van der Waals surface area (Å²) in [6, 6.07) is 7.90. The lowest BCUT2D eigenvalue weighted by molar-refractivity contribution is -0.122. The van der Waals surface area contributed by atoms with Gasteiger partial charge in [0.1, 0.15) is 6.04 Å². The summed E-state index contributed by atoms with van der Waals surface area (Å²) in [6.45, 7) is 4.25. The molecule has 0 bridgehead atoms. The number of rotatable bonds is 3. The highest BCUT2D eigenvalue weighted by atomic mass is 79.9. The van der Waals surface area contributed by atoms with Crippen LogP contribution in [0.25, 0.3) is 0 Å². The fourth-order valence-electron chi connectivity index (χ4n) is 2.45. The maximum absolute atomic E-state index is 12.2. The maximum atomic E-state index is 12.2. The van der Waals surface area contributed by atoms with Gasteiger partial charge in [0.2, 0.25) is 5.91 Å². The Labute approximate surface area is 122 Å². The molecule has 0 saturated carbocycles. The molecule has 1 aliphatic rings. The molecule has 5 heteroatoms. The first-order valence-corrected chi connectivity index (χ1v) is 7.41. The highest BCUT2D eigenvalue weighted by molar-refractivity contribution is 9.10. The molecule has 1 saturated heterocycles. The first-order valence-electron chi connectivity index (χ1n) is 6.62. The van der Waals surface area contributed by atoms with Crippen molar-refractivity contribution in [3.8, 4) is 0 Å². The molecular formula is C14H20BrN3O. The molecule has 4 nitrogen and oxygen atoms in total. The Morgan fingerprint density at radius 1 is 1.53 bits per heavy atom. The number of amides is 1. The number of nitrogens with zero attached hydrogens (tertiary/aromatic N) is 1. The third-order valence-electron chi connectivity index (χ3n) is 3.39. The van der Waals surface area contributed by atoms with E-state index in [2.05, 4.69) is 39.1 Å². The van der Waals surface area contributed by atoms with Gasteiger partial charge in [0.15, 0.2) is 0 Å². The molecule has 1 amide bonds. The molecule has 2 atom stereocenters. The van der Waals surface area contributed by atoms with E-state index < -0.39 is 0 Å². The number of halogens is 1. The van der Waals surface area contributed by atoms with E-state index in [9.17, 15) is 4.79 Å². The molecule has 0 spiro atoms. The molecule has 19 heavy (non-hydrogen) atoms. The van der Waals surface area contributed by atoms with Gasteiger partial charge in [0.25, 0.3) is 0 Å². The highest BCUT2D eigenvalue weighted by Gasteiger charge is 2.30. The van der Waals surface area contributed by atoms with Crippen LogP contribution in [0.3, 0.4) is 0 Å². The second-order valence-corrected chi connectivity index (χ2v) is 5.99. The summed E-state index contributed by atoms with van der Waals surface area (Å²) in [7, 11) is 0. The van der Waals surface area contributed by atoms with Crippen LogP contribution in [0.5, 0.6) is 0 Å². The molecule has 1 aromatic carbocycles. The van der Waals surface area contributed by atoms with Crippen LogP contribution in [-0.2, 0) is 4.79 Å². The summed E-state index contributed by atoms with van der Waals surface area (Å²) >= 11 is 3.49. The van der Waals surface area contributed by atoms with Crippen molar-refractivity contribution in [2.75, 3.05) is 24.5 Å². The first-order chi connectivity index (χ1) is 9.11. The quantitative estimate of drug-likeness (QED) is 0.890. The summed E-state index contributed by atoms with van der Waals surface area (Å²) in [5.74, 6) is 0.500. The minimum atomic E-state index is -0.177. The number of anilines is 1. The van der Waals surface area contributed by atoms with Crippen molar-refractivity contribution in [3.63, 3.8) is 0 Å². The summed E-state index contributed by atoms with van der Waals surface area (Å²) in [5.41, 5.74) is 6.73. The van der Waals surface area contributed by atoms with Gasteiger partial charge in [0.05, 0.1) is 0 Å². The van der Waals surface area contributed by atoms with Gasteiger partial charge in [-0.2, -0.15) is 0 Å². The molecular weight excluding hydrogens is 306 g/mol. The van der Waals surface area contributed by atoms with Gasteiger partial charge in [-0.15, -0.1) is 0 Å². The van der Waals surface area contributed by atoms with Gasteiger partial charge < -0.3 is 16.0 Å². The topological polar surface area (TPSA) is 58.4 Å². The molecule has 3 N–H and O–H groups in total. The highest BCUT2D eigenvalue weighted by Crippen LogP contribution is 2.25. The van der Waals surface area contributed by atoms with Crippen LogP contribution in [0.2, 0.25) is 0 Å². The van der Waals surface area contributed by atoms with Crippen LogP contribution in [0, 0.1) is 5.92 Å². The predicted molar refractivity (Wildman–Crippen MR) is 81.1 cm³/mol. The lowest BCUT2D eigenvalue weighted by atomic mass is 10.1. The zero-order valence-electron chi connectivity index (χ0n) is 11.1. The van der Waals surface area contributed by atoms with Crippen molar-refractivity contribution in [1.82, 2.24) is 5.32 Å². The average molecular weight is 326 g/mol. The summed E-state index contributed by atoms with van der Waals surface area (Å²) in [5, 5.41) is 3.00. The molecule has 1 fully saturated rings. The smallest absolute Gasteiger partial charge is 0.242 e. The van der Waals surface area contributed by atoms with Crippen molar-refractivity contribution in [2.24, 2.45) is 11.7 Å². The summed E-state index contributed by atoms with van der Waals surface area (Å²) < 4.78 is 1.02. The third kappa shape index (κ3) is 3.48. The van der Waals surface area contributed by atoms with Gasteiger partial charge in [0, 0.05) is 23.2 Å². The van der Waals surface area contributed by atoms with Crippen molar-refractivity contribution >= 4 is 27.5 Å². The maximum Gasteiger partial charge on any atom is 0.242 e. The van der Waals surface area contributed by atoms with E-state index in [0.717, 1.165) is 23.2 Å². The average Bonchev–Trinajstić information content (AvgIpc) is 2.52. The Morgan fingerprint density at radius 2 is 2.32 bits per heavy atom. The van der Waals surface area contributed by atoms with Crippen molar-refractivity contribution in [1.29, 1.82) is 0 Å². The molecule has 0 aliphatic carbocycles. The number of carbonyl (C=O) groups is 1. The van der Waals surface area contributed by atoms with E-state index in [4.69, 9.17) is 5.73 Å². The minimum absolute atomic E-state index is 0.0785. The number of hydrogen-bond acceptors (Lipinski definition) is 3. The second kappa shape index (κ2) is 6.39. The monoisotopic (exact) mass is 325 g/mol. The largest absolute Gasteiger partial charge is 0.359 e. The Morgan fingerprint density at radius 3 is 3.00 bits per heavy atom. The van der Waals surface area contributed by atoms with E-state index in [-0.39, 0.29) is 11.9 Å². The van der Waals surface area contributed by atoms with Crippen molar-refractivity contribution < 1.29 is 4.79 Å². The molecule has 1 aromatic rings. The van der Waals surface area contributed by atoms with E-state index in [1.807, 2.05) is 18.2 Å². The molecule has 1 aliphatic heterocycles. The van der Waals surface area contributed by atoms with Gasteiger partial charge in [-0.3, -0.25) is 4.79 Å². The Hall–Kier alpha value is -1.07. The first kappa shape index (κ1) is 14.3. The van der Waals surface area contributed by atoms with Crippen LogP contribution in [0.15, 0.2) is 28.7 Å². The molecule has 104 valence electrons. The Balaban J connectivity index is 2.32. The second-order valence-electron chi connectivity index (χ2n) is 5.08. The third-order valence-corrected chi connectivity index (χ3v) is 3.89. The van der Waals surface area contributed by atoms with Gasteiger partial charge >= 0.3 is 0 Å². The van der Waals surface area contributed by atoms with Crippen LogP contribution in [-0.4, -0.2) is 31.6 Å². The van der Waals surface area contributed by atoms with Crippen molar-refractivity contribution in [2.45, 2.75) is 19.4 Å². The Kier molecular flexibility index (Phi) is 4.82. The van der Waals surface area contributed by atoms with Crippen LogP contribution < -0.4 is 16.0 Å². The van der Waals surface area contributed by atoms with Gasteiger partial charge in [-0.05, 0) is 37.1 Å². The lowest BCUT2D eigenvalue weighted by Gasteiger charge is -2.31.